The summed E-state index contributed by atoms with van der Waals surface area (Å²) >= 11 is 0. The highest BCUT2D eigenvalue weighted by Gasteiger charge is 2.25. The summed E-state index contributed by atoms with van der Waals surface area (Å²) in [5.41, 5.74) is 6.59. The quantitative estimate of drug-likeness (QED) is 0.919. The van der Waals surface area contributed by atoms with Crippen LogP contribution < -0.4 is 5.73 Å². The Morgan fingerprint density at radius 1 is 1.50 bits per heavy atom. The first kappa shape index (κ1) is 15.0. The Labute approximate surface area is 120 Å². The molecule has 0 bridgehead atoms. The van der Waals surface area contributed by atoms with Crippen molar-refractivity contribution in [3.63, 3.8) is 0 Å². The molecule has 3 nitrogen and oxygen atoms in total. The van der Waals surface area contributed by atoms with Crippen molar-refractivity contribution >= 4 is 5.91 Å². The second-order valence-corrected chi connectivity index (χ2v) is 5.72. The number of hydrogen-bond donors (Lipinski definition) is 1. The smallest absolute Gasteiger partial charge is 0.225 e. The average molecular weight is 278 g/mol. The van der Waals surface area contributed by atoms with E-state index in [1.165, 1.54) is 6.07 Å². The van der Waals surface area contributed by atoms with Crippen molar-refractivity contribution in [3.8, 4) is 0 Å². The number of likely N-dealkylation sites (tertiary alicyclic amines) is 1. The lowest BCUT2D eigenvalue weighted by Gasteiger charge is -2.32. The highest BCUT2D eigenvalue weighted by atomic mass is 19.1. The molecule has 0 aliphatic carbocycles. The number of rotatable bonds is 4. The summed E-state index contributed by atoms with van der Waals surface area (Å²) in [5.74, 6) is -0.122. The van der Waals surface area contributed by atoms with Gasteiger partial charge in [0.05, 0.1) is 0 Å². The number of carbonyl (C=O) groups is 1. The van der Waals surface area contributed by atoms with Crippen LogP contribution in [0.5, 0.6) is 0 Å². The Balaban J connectivity index is 1.86. The number of amides is 1. The van der Waals surface area contributed by atoms with Crippen LogP contribution in [0.25, 0.3) is 0 Å². The van der Waals surface area contributed by atoms with Crippen LogP contribution in [0, 0.1) is 11.7 Å². The number of piperidine rings is 1. The van der Waals surface area contributed by atoms with Gasteiger partial charge in [-0.1, -0.05) is 25.1 Å². The number of nitrogens with zero attached hydrogens (tertiary/aromatic N) is 1. The molecule has 110 valence electrons. The molecule has 2 atom stereocenters. The van der Waals surface area contributed by atoms with Crippen molar-refractivity contribution in [2.45, 2.75) is 38.6 Å². The van der Waals surface area contributed by atoms with Gasteiger partial charge in [-0.25, -0.2) is 4.39 Å². The summed E-state index contributed by atoms with van der Waals surface area (Å²) in [6.07, 6.45) is 3.24. The van der Waals surface area contributed by atoms with Gasteiger partial charge >= 0.3 is 0 Å². The second kappa shape index (κ2) is 6.84. The van der Waals surface area contributed by atoms with Gasteiger partial charge in [-0.05, 0) is 37.3 Å². The first-order valence-corrected chi connectivity index (χ1v) is 7.35. The summed E-state index contributed by atoms with van der Waals surface area (Å²) in [6.45, 7) is 3.38. The number of hydrogen-bond acceptors (Lipinski definition) is 2. The average Bonchev–Trinajstić information content (AvgIpc) is 2.45. The summed E-state index contributed by atoms with van der Waals surface area (Å²) < 4.78 is 13.5. The van der Waals surface area contributed by atoms with Crippen LogP contribution in [0.4, 0.5) is 4.39 Å². The van der Waals surface area contributed by atoms with E-state index in [-0.39, 0.29) is 23.7 Å². The lowest BCUT2D eigenvalue weighted by atomic mass is 9.98. The molecule has 20 heavy (non-hydrogen) atoms. The first-order chi connectivity index (χ1) is 9.58. The van der Waals surface area contributed by atoms with Gasteiger partial charge in [-0.2, -0.15) is 0 Å². The molecule has 1 aliphatic heterocycles. The Morgan fingerprint density at radius 2 is 2.25 bits per heavy atom. The summed E-state index contributed by atoms with van der Waals surface area (Å²) in [4.78, 5) is 14.2. The normalized spacial score (nSPS) is 20.8. The summed E-state index contributed by atoms with van der Waals surface area (Å²) in [5, 5.41) is 0. The number of aryl methyl sites for hydroxylation is 1. The van der Waals surface area contributed by atoms with E-state index in [0.717, 1.165) is 19.4 Å². The van der Waals surface area contributed by atoms with Crippen LogP contribution >= 0.6 is 0 Å². The maximum atomic E-state index is 13.5. The third-order valence-corrected chi connectivity index (χ3v) is 4.00. The molecule has 0 aromatic heterocycles. The number of carbonyl (C=O) groups excluding carboxylic acids is 1. The molecule has 2 N–H and O–H groups in total. The van der Waals surface area contributed by atoms with E-state index in [9.17, 15) is 9.18 Å². The van der Waals surface area contributed by atoms with Crippen molar-refractivity contribution in [1.82, 2.24) is 4.90 Å². The van der Waals surface area contributed by atoms with E-state index in [1.807, 2.05) is 17.9 Å². The van der Waals surface area contributed by atoms with Crippen molar-refractivity contribution in [1.29, 1.82) is 0 Å². The number of benzene rings is 1. The largest absolute Gasteiger partial charge is 0.341 e. The highest BCUT2D eigenvalue weighted by molar-refractivity contribution is 5.78. The Morgan fingerprint density at radius 3 is 2.95 bits per heavy atom. The van der Waals surface area contributed by atoms with E-state index < -0.39 is 0 Å². The molecule has 1 aromatic rings. The molecule has 1 heterocycles. The topological polar surface area (TPSA) is 46.3 Å². The van der Waals surface area contributed by atoms with E-state index in [4.69, 9.17) is 5.73 Å². The zero-order chi connectivity index (χ0) is 14.5. The fraction of sp³-hybridized carbons (Fsp3) is 0.562. The SMILES string of the molecule is C[C@H](CCc1ccccc1F)C(=O)N1CCC[C@H](N)C1. The molecule has 0 spiro atoms. The highest BCUT2D eigenvalue weighted by Crippen LogP contribution is 2.17. The molecular weight excluding hydrogens is 255 g/mol. The van der Waals surface area contributed by atoms with Gasteiger partial charge in [0, 0.05) is 25.0 Å². The maximum Gasteiger partial charge on any atom is 0.225 e. The predicted molar refractivity (Wildman–Crippen MR) is 77.7 cm³/mol. The molecule has 1 saturated heterocycles. The van der Waals surface area contributed by atoms with Crippen LogP contribution in [0.1, 0.15) is 31.7 Å². The van der Waals surface area contributed by atoms with Crippen LogP contribution in [0.3, 0.4) is 0 Å². The van der Waals surface area contributed by atoms with Crippen molar-refractivity contribution in [2.24, 2.45) is 11.7 Å². The molecule has 0 radical (unpaired) electrons. The minimum Gasteiger partial charge on any atom is -0.341 e. The van der Waals surface area contributed by atoms with Crippen molar-refractivity contribution in [2.75, 3.05) is 13.1 Å². The van der Waals surface area contributed by atoms with E-state index in [1.54, 1.807) is 12.1 Å². The second-order valence-electron chi connectivity index (χ2n) is 5.72. The van der Waals surface area contributed by atoms with Crippen molar-refractivity contribution in [3.05, 3.63) is 35.6 Å². The molecule has 1 fully saturated rings. The van der Waals surface area contributed by atoms with Gasteiger partial charge in [0.2, 0.25) is 5.91 Å². The molecule has 1 aromatic carbocycles. The first-order valence-electron chi connectivity index (χ1n) is 7.35. The van der Waals surface area contributed by atoms with Gasteiger partial charge in [-0.15, -0.1) is 0 Å². The lowest BCUT2D eigenvalue weighted by Crippen LogP contribution is -2.47. The van der Waals surface area contributed by atoms with Crippen LogP contribution in [-0.2, 0) is 11.2 Å². The maximum absolute atomic E-state index is 13.5. The van der Waals surface area contributed by atoms with E-state index in [0.29, 0.717) is 24.9 Å². The van der Waals surface area contributed by atoms with Gasteiger partial charge in [0.25, 0.3) is 0 Å². The Kier molecular flexibility index (Phi) is 5.12. The Bertz CT molecular complexity index is 464. The van der Waals surface area contributed by atoms with E-state index in [2.05, 4.69) is 0 Å². The molecule has 1 aliphatic rings. The standard InChI is InChI=1S/C16H23FN2O/c1-12(8-9-13-5-2-3-7-15(13)17)16(20)19-10-4-6-14(18)11-19/h2-3,5,7,12,14H,4,6,8-11,18H2,1H3/t12-,14+/m1/s1. The predicted octanol–water partition coefficient (Wildman–Crippen LogP) is 2.34. The fourth-order valence-electron chi connectivity index (χ4n) is 2.72. The summed E-state index contributed by atoms with van der Waals surface area (Å²) in [7, 11) is 0. The third kappa shape index (κ3) is 3.79. The summed E-state index contributed by atoms with van der Waals surface area (Å²) in [6, 6.07) is 6.86. The Hall–Kier alpha value is -1.42. The molecule has 1 amide bonds. The van der Waals surface area contributed by atoms with Crippen LogP contribution in [0.2, 0.25) is 0 Å². The lowest BCUT2D eigenvalue weighted by molar-refractivity contribution is -0.136. The van der Waals surface area contributed by atoms with Crippen molar-refractivity contribution < 1.29 is 9.18 Å². The monoisotopic (exact) mass is 278 g/mol. The van der Waals surface area contributed by atoms with Gasteiger partial charge in [0.1, 0.15) is 5.82 Å². The fourth-order valence-corrected chi connectivity index (χ4v) is 2.72. The van der Waals surface area contributed by atoms with Crippen LogP contribution in [0.15, 0.2) is 24.3 Å². The zero-order valence-corrected chi connectivity index (χ0v) is 12.0. The number of halogens is 1. The molecule has 0 saturated carbocycles. The van der Waals surface area contributed by atoms with Gasteiger partial charge < -0.3 is 10.6 Å². The minimum atomic E-state index is -0.188. The van der Waals surface area contributed by atoms with Gasteiger partial charge in [0.15, 0.2) is 0 Å². The molecule has 4 heteroatoms. The number of nitrogens with two attached hydrogens (primary N) is 1. The van der Waals surface area contributed by atoms with Crippen LogP contribution in [-0.4, -0.2) is 29.9 Å². The third-order valence-electron chi connectivity index (χ3n) is 4.00. The minimum absolute atomic E-state index is 0.0834. The van der Waals surface area contributed by atoms with E-state index >= 15 is 0 Å². The molecular formula is C16H23FN2O. The molecule has 0 unspecified atom stereocenters. The van der Waals surface area contributed by atoms with Gasteiger partial charge in [-0.3, -0.25) is 4.79 Å². The zero-order valence-electron chi connectivity index (χ0n) is 12.0. The molecule has 2 rings (SSSR count).